The van der Waals surface area contributed by atoms with Crippen molar-refractivity contribution in [2.75, 3.05) is 0 Å². The van der Waals surface area contributed by atoms with Crippen molar-refractivity contribution in [1.29, 1.82) is 0 Å². The second kappa shape index (κ2) is 7.84. The molecule has 30 heavy (non-hydrogen) atoms. The van der Waals surface area contributed by atoms with Gasteiger partial charge >= 0.3 is 0 Å². The van der Waals surface area contributed by atoms with Crippen molar-refractivity contribution in [3.63, 3.8) is 0 Å². The zero-order chi connectivity index (χ0) is 20.3. The topological polar surface area (TPSA) is 39.9 Å². The fourth-order valence-corrected chi connectivity index (χ4v) is 3.55. The summed E-state index contributed by atoms with van der Waals surface area (Å²) >= 11 is 0. The Bertz CT molecular complexity index is 1310. The Hall–Kier alpha value is -3.92. The van der Waals surface area contributed by atoms with Gasteiger partial charge in [-0.1, -0.05) is 54.6 Å². The normalized spacial score (nSPS) is 11.0. The molecule has 0 aliphatic rings. The molecule has 5 rings (SSSR count). The molecule has 0 bridgehead atoms. The van der Waals surface area contributed by atoms with E-state index in [1.807, 2.05) is 77.7 Å². The van der Waals surface area contributed by atoms with Gasteiger partial charge in [-0.3, -0.25) is 0 Å². The van der Waals surface area contributed by atoms with Gasteiger partial charge in [0.05, 0.1) is 23.1 Å². The molecule has 2 heterocycles. The molecule has 0 aliphatic carbocycles. The van der Waals surface area contributed by atoms with Gasteiger partial charge in [-0.15, -0.1) is 0 Å². The SMILES string of the molecule is Cc1cc(-c2cnn(-c3cccc(OCc4ccccc4)c3)c2)nc2ccccc12. The number of rotatable bonds is 5. The summed E-state index contributed by atoms with van der Waals surface area (Å²) in [4.78, 5) is 4.82. The Morgan fingerprint density at radius 1 is 0.867 bits per heavy atom. The summed E-state index contributed by atoms with van der Waals surface area (Å²) in [6, 6.07) is 28.4. The van der Waals surface area contributed by atoms with Gasteiger partial charge in [0.1, 0.15) is 12.4 Å². The lowest BCUT2D eigenvalue weighted by atomic mass is 10.1. The van der Waals surface area contributed by atoms with Crippen molar-refractivity contribution in [3.8, 4) is 22.7 Å². The third-order valence-electron chi connectivity index (χ3n) is 5.13. The number of hydrogen-bond donors (Lipinski definition) is 0. The lowest BCUT2D eigenvalue weighted by Gasteiger charge is -2.08. The summed E-state index contributed by atoms with van der Waals surface area (Å²) in [5, 5.41) is 5.73. The van der Waals surface area contributed by atoms with Crippen LogP contribution < -0.4 is 4.74 Å². The molecule has 5 aromatic rings. The van der Waals surface area contributed by atoms with E-state index >= 15 is 0 Å². The molecule has 0 N–H and O–H groups in total. The van der Waals surface area contributed by atoms with Crippen molar-refractivity contribution >= 4 is 10.9 Å². The zero-order valence-electron chi connectivity index (χ0n) is 16.7. The molecule has 146 valence electrons. The number of hydrogen-bond acceptors (Lipinski definition) is 3. The largest absolute Gasteiger partial charge is 0.489 e. The van der Waals surface area contributed by atoms with Crippen LogP contribution >= 0.6 is 0 Å². The first-order valence-electron chi connectivity index (χ1n) is 9.95. The van der Waals surface area contributed by atoms with Crippen LogP contribution in [0.15, 0.2) is 97.3 Å². The van der Waals surface area contributed by atoms with E-state index in [0.717, 1.165) is 33.8 Å². The summed E-state index contributed by atoms with van der Waals surface area (Å²) < 4.78 is 7.81. The van der Waals surface area contributed by atoms with Gasteiger partial charge in [-0.25, -0.2) is 9.67 Å². The van der Waals surface area contributed by atoms with Crippen LogP contribution in [0.2, 0.25) is 0 Å². The van der Waals surface area contributed by atoms with E-state index in [1.54, 1.807) is 0 Å². The predicted molar refractivity (Wildman–Crippen MR) is 120 cm³/mol. The lowest BCUT2D eigenvalue weighted by molar-refractivity contribution is 0.306. The fourth-order valence-electron chi connectivity index (χ4n) is 3.55. The number of nitrogens with zero attached hydrogens (tertiary/aromatic N) is 3. The highest BCUT2D eigenvalue weighted by Gasteiger charge is 2.09. The molecule has 0 radical (unpaired) electrons. The maximum absolute atomic E-state index is 5.96. The average Bonchev–Trinajstić information content (AvgIpc) is 3.29. The predicted octanol–water partition coefficient (Wildman–Crippen LogP) is 5.97. The van der Waals surface area contributed by atoms with Crippen molar-refractivity contribution in [2.45, 2.75) is 13.5 Å². The Balaban J connectivity index is 1.40. The lowest BCUT2D eigenvalue weighted by Crippen LogP contribution is -1.98. The monoisotopic (exact) mass is 391 g/mol. The third-order valence-corrected chi connectivity index (χ3v) is 5.13. The van der Waals surface area contributed by atoms with E-state index in [0.29, 0.717) is 6.61 Å². The van der Waals surface area contributed by atoms with E-state index in [1.165, 1.54) is 10.9 Å². The molecule has 0 saturated carbocycles. The smallest absolute Gasteiger partial charge is 0.121 e. The standard InChI is InChI=1S/C26H21N3O/c1-19-14-26(28-25-13-6-5-12-24(19)25)21-16-27-29(17-21)22-10-7-11-23(15-22)30-18-20-8-3-2-4-9-20/h2-17H,18H2,1H3. The van der Waals surface area contributed by atoms with Crippen LogP contribution in [-0.4, -0.2) is 14.8 Å². The van der Waals surface area contributed by atoms with Gasteiger partial charge in [0.15, 0.2) is 0 Å². The van der Waals surface area contributed by atoms with Crippen LogP contribution in [0.5, 0.6) is 5.75 Å². The number of aryl methyl sites for hydroxylation is 1. The number of aromatic nitrogens is 3. The van der Waals surface area contributed by atoms with Gasteiger partial charge in [0.25, 0.3) is 0 Å². The van der Waals surface area contributed by atoms with Crippen LogP contribution in [0, 0.1) is 6.92 Å². The van der Waals surface area contributed by atoms with Crippen LogP contribution in [-0.2, 0) is 6.61 Å². The van der Waals surface area contributed by atoms with Crippen molar-refractivity contribution in [3.05, 3.63) is 108 Å². The third kappa shape index (κ3) is 3.67. The molecule has 0 amide bonds. The van der Waals surface area contributed by atoms with Gasteiger partial charge < -0.3 is 4.74 Å². The highest BCUT2D eigenvalue weighted by atomic mass is 16.5. The highest BCUT2D eigenvalue weighted by Crippen LogP contribution is 2.25. The highest BCUT2D eigenvalue weighted by molar-refractivity contribution is 5.84. The fraction of sp³-hybridized carbons (Fsp3) is 0.0769. The van der Waals surface area contributed by atoms with Gasteiger partial charge in [0.2, 0.25) is 0 Å². The van der Waals surface area contributed by atoms with Gasteiger partial charge in [-0.2, -0.15) is 5.10 Å². The summed E-state index contributed by atoms with van der Waals surface area (Å²) in [7, 11) is 0. The molecule has 0 unspecified atom stereocenters. The molecular weight excluding hydrogens is 370 g/mol. The number of para-hydroxylation sites is 1. The average molecular weight is 391 g/mol. The molecule has 2 aromatic heterocycles. The summed E-state index contributed by atoms with van der Waals surface area (Å²) in [5.74, 6) is 0.813. The van der Waals surface area contributed by atoms with E-state index < -0.39 is 0 Å². The second-order valence-corrected chi connectivity index (χ2v) is 7.29. The number of fused-ring (bicyclic) bond motifs is 1. The van der Waals surface area contributed by atoms with Crippen LogP contribution in [0.1, 0.15) is 11.1 Å². The van der Waals surface area contributed by atoms with E-state index in [-0.39, 0.29) is 0 Å². The van der Waals surface area contributed by atoms with E-state index in [4.69, 9.17) is 9.72 Å². The minimum Gasteiger partial charge on any atom is -0.489 e. The maximum atomic E-state index is 5.96. The molecule has 0 fully saturated rings. The number of pyridine rings is 1. The Morgan fingerprint density at radius 3 is 2.60 bits per heavy atom. The van der Waals surface area contributed by atoms with Crippen LogP contribution in [0.4, 0.5) is 0 Å². The Morgan fingerprint density at radius 2 is 1.70 bits per heavy atom. The molecule has 0 aliphatic heterocycles. The minimum absolute atomic E-state index is 0.537. The first-order valence-corrected chi connectivity index (χ1v) is 9.95. The van der Waals surface area contributed by atoms with Crippen molar-refractivity contribution < 1.29 is 4.74 Å². The maximum Gasteiger partial charge on any atom is 0.121 e. The summed E-state index contributed by atoms with van der Waals surface area (Å²) in [5.41, 5.74) is 6.20. The zero-order valence-corrected chi connectivity index (χ0v) is 16.7. The summed E-state index contributed by atoms with van der Waals surface area (Å²) in [6.45, 7) is 2.65. The molecule has 4 heteroatoms. The summed E-state index contributed by atoms with van der Waals surface area (Å²) in [6.07, 6.45) is 3.86. The number of ether oxygens (including phenoxy) is 1. The molecule has 3 aromatic carbocycles. The van der Waals surface area contributed by atoms with Crippen LogP contribution in [0.3, 0.4) is 0 Å². The Kier molecular flexibility index (Phi) is 4.74. The van der Waals surface area contributed by atoms with Crippen molar-refractivity contribution in [2.24, 2.45) is 0 Å². The van der Waals surface area contributed by atoms with Gasteiger partial charge in [0, 0.05) is 23.2 Å². The van der Waals surface area contributed by atoms with E-state index in [9.17, 15) is 0 Å². The van der Waals surface area contributed by atoms with Gasteiger partial charge in [-0.05, 0) is 42.3 Å². The molecule has 0 saturated heterocycles. The molecule has 0 atom stereocenters. The van der Waals surface area contributed by atoms with Crippen molar-refractivity contribution in [1.82, 2.24) is 14.8 Å². The molecule has 4 nitrogen and oxygen atoms in total. The Labute approximate surface area is 175 Å². The first-order chi connectivity index (χ1) is 14.8. The molecular formula is C26H21N3O. The quantitative estimate of drug-likeness (QED) is 0.370. The molecule has 0 spiro atoms. The number of benzene rings is 3. The second-order valence-electron chi connectivity index (χ2n) is 7.29. The minimum atomic E-state index is 0.537. The van der Waals surface area contributed by atoms with Crippen LogP contribution in [0.25, 0.3) is 27.8 Å². The van der Waals surface area contributed by atoms with E-state index in [2.05, 4.69) is 36.3 Å². The first kappa shape index (κ1) is 18.1.